The van der Waals surface area contributed by atoms with Crippen molar-refractivity contribution in [1.82, 2.24) is 5.32 Å². The number of carboxylic acids is 1. The molecule has 0 saturated carbocycles. The number of nitrogens with one attached hydrogen (secondary N) is 1. The lowest BCUT2D eigenvalue weighted by atomic mass is 10.0. The maximum absolute atomic E-state index is 13.1. The normalized spacial score (nSPS) is 24.6. The summed E-state index contributed by atoms with van der Waals surface area (Å²) in [6.07, 6.45) is 0.497. The predicted octanol–water partition coefficient (Wildman–Crippen LogP) is 2.32. The van der Waals surface area contributed by atoms with Gasteiger partial charge >= 0.3 is 5.97 Å². The fraction of sp³-hybridized carbons (Fsp3) is 0.364. The second-order valence-electron chi connectivity index (χ2n) is 3.90. The molecule has 1 aromatic carbocycles. The molecule has 0 aromatic heterocycles. The number of aliphatic carboxylic acids is 1. The monoisotopic (exact) mass is 287 g/mol. The van der Waals surface area contributed by atoms with E-state index in [1.54, 1.807) is 6.07 Å². The van der Waals surface area contributed by atoms with Crippen molar-refractivity contribution in [3.05, 3.63) is 34.1 Å². The molecule has 0 radical (unpaired) electrons. The number of carbonyl (C=O) groups is 1. The first-order valence-corrected chi connectivity index (χ1v) is 5.78. The van der Waals surface area contributed by atoms with Crippen molar-refractivity contribution in [3.8, 4) is 0 Å². The SMILES string of the molecule is O=C(O)C1CNC(c2cc(F)ccc2Br)C1. The summed E-state index contributed by atoms with van der Waals surface area (Å²) in [6, 6.07) is 4.36. The van der Waals surface area contributed by atoms with Gasteiger partial charge in [0.25, 0.3) is 0 Å². The molecule has 1 fully saturated rings. The second-order valence-corrected chi connectivity index (χ2v) is 4.75. The molecule has 3 nitrogen and oxygen atoms in total. The van der Waals surface area contributed by atoms with Gasteiger partial charge in [-0.15, -0.1) is 0 Å². The minimum absolute atomic E-state index is 0.0915. The van der Waals surface area contributed by atoms with Crippen molar-refractivity contribution < 1.29 is 14.3 Å². The van der Waals surface area contributed by atoms with Crippen LogP contribution in [0.15, 0.2) is 22.7 Å². The fourth-order valence-electron chi connectivity index (χ4n) is 1.94. The summed E-state index contributed by atoms with van der Waals surface area (Å²) in [5.41, 5.74) is 0.781. The number of halogens is 2. The summed E-state index contributed by atoms with van der Waals surface area (Å²) >= 11 is 3.34. The lowest BCUT2D eigenvalue weighted by Crippen LogP contribution is -2.17. The van der Waals surface area contributed by atoms with E-state index in [-0.39, 0.29) is 17.8 Å². The average molecular weight is 288 g/mol. The van der Waals surface area contributed by atoms with Crippen LogP contribution >= 0.6 is 15.9 Å². The standard InChI is InChI=1S/C11H11BrFNO2/c12-9-2-1-7(13)4-8(9)10-3-6(5-14-10)11(15)16/h1-2,4,6,10,14H,3,5H2,(H,15,16). The van der Waals surface area contributed by atoms with E-state index in [4.69, 9.17) is 5.11 Å². The van der Waals surface area contributed by atoms with Gasteiger partial charge in [-0.25, -0.2) is 4.39 Å². The Morgan fingerprint density at radius 2 is 2.31 bits per heavy atom. The average Bonchev–Trinajstić information content (AvgIpc) is 2.70. The third kappa shape index (κ3) is 2.25. The summed E-state index contributed by atoms with van der Waals surface area (Å²) in [4.78, 5) is 10.8. The van der Waals surface area contributed by atoms with E-state index in [9.17, 15) is 9.18 Å². The quantitative estimate of drug-likeness (QED) is 0.878. The Balaban J connectivity index is 2.20. The number of carboxylic acid groups (broad SMARTS) is 1. The zero-order chi connectivity index (χ0) is 11.7. The molecule has 2 N–H and O–H groups in total. The minimum atomic E-state index is -0.803. The van der Waals surface area contributed by atoms with Gasteiger partial charge in [0, 0.05) is 17.1 Å². The highest BCUT2D eigenvalue weighted by Crippen LogP contribution is 2.32. The van der Waals surface area contributed by atoms with Gasteiger partial charge in [-0.05, 0) is 30.2 Å². The largest absolute Gasteiger partial charge is 0.481 e. The molecule has 1 aliphatic rings. The highest BCUT2D eigenvalue weighted by atomic mass is 79.9. The molecule has 2 rings (SSSR count). The van der Waals surface area contributed by atoms with Crippen LogP contribution in [-0.2, 0) is 4.79 Å². The fourth-order valence-corrected chi connectivity index (χ4v) is 2.47. The van der Waals surface area contributed by atoms with Crippen molar-refractivity contribution in [3.63, 3.8) is 0 Å². The van der Waals surface area contributed by atoms with Gasteiger partial charge in [0.1, 0.15) is 5.82 Å². The first-order chi connectivity index (χ1) is 7.58. The van der Waals surface area contributed by atoms with E-state index in [1.165, 1.54) is 12.1 Å². The molecule has 5 heteroatoms. The third-order valence-corrected chi connectivity index (χ3v) is 3.54. The van der Waals surface area contributed by atoms with Crippen LogP contribution in [0.2, 0.25) is 0 Å². The Labute approximate surface area is 101 Å². The van der Waals surface area contributed by atoms with Crippen molar-refractivity contribution in [2.24, 2.45) is 5.92 Å². The number of rotatable bonds is 2. The first-order valence-electron chi connectivity index (χ1n) is 4.99. The smallest absolute Gasteiger partial charge is 0.307 e. The lowest BCUT2D eigenvalue weighted by molar-refractivity contribution is -0.141. The van der Waals surface area contributed by atoms with Crippen LogP contribution in [0.4, 0.5) is 4.39 Å². The van der Waals surface area contributed by atoms with Crippen LogP contribution < -0.4 is 5.32 Å². The zero-order valence-corrected chi connectivity index (χ0v) is 10.00. The van der Waals surface area contributed by atoms with Crippen molar-refractivity contribution in [2.75, 3.05) is 6.54 Å². The Morgan fingerprint density at radius 1 is 1.56 bits per heavy atom. The van der Waals surface area contributed by atoms with E-state index >= 15 is 0 Å². The van der Waals surface area contributed by atoms with Crippen LogP contribution in [0.1, 0.15) is 18.0 Å². The van der Waals surface area contributed by atoms with E-state index in [1.807, 2.05) is 0 Å². The topological polar surface area (TPSA) is 49.3 Å². The van der Waals surface area contributed by atoms with Gasteiger partial charge in [-0.1, -0.05) is 15.9 Å². The predicted molar refractivity (Wildman–Crippen MR) is 60.6 cm³/mol. The Morgan fingerprint density at radius 3 is 2.94 bits per heavy atom. The van der Waals surface area contributed by atoms with Gasteiger partial charge in [0.05, 0.1) is 5.92 Å². The summed E-state index contributed by atoms with van der Waals surface area (Å²) in [7, 11) is 0. The molecule has 0 spiro atoms. The zero-order valence-electron chi connectivity index (χ0n) is 8.41. The molecule has 1 aromatic rings. The van der Waals surface area contributed by atoms with Gasteiger partial charge in [0.2, 0.25) is 0 Å². The molecule has 1 saturated heterocycles. The van der Waals surface area contributed by atoms with Crippen molar-refractivity contribution in [2.45, 2.75) is 12.5 Å². The van der Waals surface area contributed by atoms with Crippen LogP contribution in [-0.4, -0.2) is 17.6 Å². The Hall–Kier alpha value is -0.940. The molecule has 0 aliphatic carbocycles. The number of hydrogen-bond acceptors (Lipinski definition) is 2. The molecular weight excluding hydrogens is 277 g/mol. The highest BCUT2D eigenvalue weighted by molar-refractivity contribution is 9.10. The van der Waals surface area contributed by atoms with Crippen LogP contribution in [0.25, 0.3) is 0 Å². The summed E-state index contributed by atoms with van der Waals surface area (Å²) < 4.78 is 13.9. The molecule has 16 heavy (non-hydrogen) atoms. The third-order valence-electron chi connectivity index (χ3n) is 2.81. The molecule has 1 aliphatic heterocycles. The van der Waals surface area contributed by atoms with Crippen LogP contribution in [0, 0.1) is 11.7 Å². The van der Waals surface area contributed by atoms with Crippen molar-refractivity contribution >= 4 is 21.9 Å². The van der Waals surface area contributed by atoms with Gasteiger partial charge in [-0.2, -0.15) is 0 Å². The Kier molecular flexibility index (Phi) is 3.25. The molecule has 2 unspecified atom stereocenters. The molecule has 86 valence electrons. The molecule has 2 atom stereocenters. The van der Waals surface area contributed by atoms with E-state index < -0.39 is 5.97 Å². The van der Waals surface area contributed by atoms with Crippen LogP contribution in [0.5, 0.6) is 0 Å². The van der Waals surface area contributed by atoms with Gasteiger partial charge < -0.3 is 10.4 Å². The number of hydrogen-bond donors (Lipinski definition) is 2. The maximum Gasteiger partial charge on any atom is 0.307 e. The highest BCUT2D eigenvalue weighted by Gasteiger charge is 2.31. The summed E-state index contributed by atoms with van der Waals surface area (Å²) in [5, 5.41) is 12.0. The van der Waals surface area contributed by atoms with Crippen LogP contribution in [0.3, 0.4) is 0 Å². The lowest BCUT2D eigenvalue weighted by Gasteiger charge is -2.12. The molecular formula is C11H11BrFNO2. The minimum Gasteiger partial charge on any atom is -0.481 e. The van der Waals surface area contributed by atoms with E-state index in [2.05, 4.69) is 21.2 Å². The second kappa shape index (κ2) is 4.51. The molecule has 1 heterocycles. The van der Waals surface area contributed by atoms with E-state index in [0.29, 0.717) is 13.0 Å². The molecule has 0 bridgehead atoms. The van der Waals surface area contributed by atoms with Gasteiger partial charge in [0.15, 0.2) is 0 Å². The number of benzene rings is 1. The van der Waals surface area contributed by atoms with Crippen molar-refractivity contribution in [1.29, 1.82) is 0 Å². The maximum atomic E-state index is 13.1. The van der Waals surface area contributed by atoms with E-state index in [0.717, 1.165) is 10.0 Å². The molecule has 0 amide bonds. The Bertz CT molecular complexity index is 424. The van der Waals surface area contributed by atoms with Gasteiger partial charge in [-0.3, -0.25) is 4.79 Å². The summed E-state index contributed by atoms with van der Waals surface area (Å²) in [5.74, 6) is -1.50. The summed E-state index contributed by atoms with van der Waals surface area (Å²) in [6.45, 7) is 0.433. The first kappa shape index (κ1) is 11.5.